The second-order valence-corrected chi connectivity index (χ2v) is 7.63. The van der Waals surface area contributed by atoms with Crippen molar-refractivity contribution in [3.8, 4) is 17.5 Å². The van der Waals surface area contributed by atoms with E-state index in [2.05, 4.69) is 9.97 Å². The zero-order chi connectivity index (χ0) is 18.6. The first-order valence-corrected chi connectivity index (χ1v) is 9.72. The molecule has 0 aliphatic carbocycles. The highest BCUT2D eigenvalue weighted by molar-refractivity contribution is 7.89. The molecular formula is C17H21N3O5S. The summed E-state index contributed by atoms with van der Waals surface area (Å²) in [6, 6.07) is 6.43. The standard InChI is InChI=1S/C17H21N3O5S/c1-3-24-13-4-6-15(7-5-13)26(21,22)20-9-8-14(12-20)25-17-11-18-10-16(19-17)23-2/h4-7,10-11,14H,3,8-9,12H2,1-2H3. The predicted octanol–water partition coefficient (Wildman–Crippen LogP) is 1.73. The summed E-state index contributed by atoms with van der Waals surface area (Å²) in [6.07, 6.45) is 3.25. The molecule has 0 saturated carbocycles. The zero-order valence-corrected chi connectivity index (χ0v) is 15.5. The summed E-state index contributed by atoms with van der Waals surface area (Å²) < 4.78 is 43.1. The Kier molecular flexibility index (Phi) is 5.58. The average Bonchev–Trinajstić information content (AvgIpc) is 3.12. The lowest BCUT2D eigenvalue weighted by Crippen LogP contribution is -2.31. The van der Waals surface area contributed by atoms with E-state index in [4.69, 9.17) is 14.2 Å². The molecule has 1 aliphatic rings. The van der Waals surface area contributed by atoms with Gasteiger partial charge >= 0.3 is 0 Å². The van der Waals surface area contributed by atoms with Crippen LogP contribution in [-0.4, -0.2) is 55.6 Å². The number of sulfonamides is 1. The Balaban J connectivity index is 1.66. The first kappa shape index (κ1) is 18.4. The Morgan fingerprint density at radius 3 is 2.62 bits per heavy atom. The van der Waals surface area contributed by atoms with Gasteiger partial charge in [0.25, 0.3) is 0 Å². The van der Waals surface area contributed by atoms with Crippen molar-refractivity contribution in [2.75, 3.05) is 26.8 Å². The summed E-state index contributed by atoms with van der Waals surface area (Å²) in [6.45, 7) is 3.05. The van der Waals surface area contributed by atoms with E-state index in [-0.39, 0.29) is 17.5 Å². The van der Waals surface area contributed by atoms with E-state index < -0.39 is 10.0 Å². The van der Waals surface area contributed by atoms with Crippen molar-refractivity contribution in [2.24, 2.45) is 0 Å². The smallest absolute Gasteiger partial charge is 0.243 e. The second-order valence-electron chi connectivity index (χ2n) is 5.70. The van der Waals surface area contributed by atoms with Crippen LogP contribution < -0.4 is 14.2 Å². The number of rotatable bonds is 7. The SMILES string of the molecule is CCOc1ccc(S(=O)(=O)N2CCC(Oc3cncc(OC)n3)C2)cc1. The van der Waals surface area contributed by atoms with Gasteiger partial charge in [-0.05, 0) is 37.6 Å². The third-order valence-electron chi connectivity index (χ3n) is 3.97. The third kappa shape index (κ3) is 4.05. The van der Waals surface area contributed by atoms with Gasteiger partial charge in [0.1, 0.15) is 11.9 Å². The summed E-state index contributed by atoms with van der Waals surface area (Å²) in [5, 5.41) is 0. The number of aromatic nitrogens is 2. The largest absolute Gasteiger partial charge is 0.494 e. The molecule has 0 bridgehead atoms. The molecule has 0 amide bonds. The number of benzene rings is 1. The van der Waals surface area contributed by atoms with Crippen LogP contribution in [0.2, 0.25) is 0 Å². The molecule has 1 aromatic carbocycles. The quantitative estimate of drug-likeness (QED) is 0.723. The van der Waals surface area contributed by atoms with E-state index in [9.17, 15) is 8.42 Å². The molecule has 9 heteroatoms. The Bertz CT molecular complexity index is 842. The van der Waals surface area contributed by atoms with Gasteiger partial charge in [0.05, 0.1) is 37.6 Å². The van der Waals surface area contributed by atoms with Crippen LogP contribution in [0.5, 0.6) is 17.5 Å². The van der Waals surface area contributed by atoms with Crippen LogP contribution in [0.1, 0.15) is 13.3 Å². The second kappa shape index (κ2) is 7.88. The van der Waals surface area contributed by atoms with Crippen molar-refractivity contribution in [1.29, 1.82) is 0 Å². The van der Waals surface area contributed by atoms with Crippen molar-refractivity contribution in [2.45, 2.75) is 24.3 Å². The van der Waals surface area contributed by atoms with Gasteiger partial charge in [0.15, 0.2) is 0 Å². The van der Waals surface area contributed by atoms with Gasteiger partial charge in [-0.1, -0.05) is 0 Å². The first-order chi connectivity index (χ1) is 12.5. The van der Waals surface area contributed by atoms with Gasteiger partial charge in [0, 0.05) is 6.54 Å². The Hall–Kier alpha value is -2.39. The Morgan fingerprint density at radius 1 is 1.19 bits per heavy atom. The van der Waals surface area contributed by atoms with E-state index >= 15 is 0 Å². The maximum Gasteiger partial charge on any atom is 0.243 e. The van der Waals surface area contributed by atoms with Crippen LogP contribution in [0.3, 0.4) is 0 Å². The fraction of sp³-hybridized carbons (Fsp3) is 0.412. The first-order valence-electron chi connectivity index (χ1n) is 8.28. The van der Waals surface area contributed by atoms with Crippen molar-refractivity contribution in [1.82, 2.24) is 14.3 Å². The number of hydrogen-bond acceptors (Lipinski definition) is 7. The molecular weight excluding hydrogens is 358 g/mol. The highest BCUT2D eigenvalue weighted by atomic mass is 32.2. The van der Waals surface area contributed by atoms with Crippen LogP contribution in [0.4, 0.5) is 0 Å². The molecule has 26 heavy (non-hydrogen) atoms. The summed E-state index contributed by atoms with van der Waals surface area (Å²) in [5.41, 5.74) is 0. The fourth-order valence-electron chi connectivity index (χ4n) is 2.69. The maximum atomic E-state index is 12.8. The van der Waals surface area contributed by atoms with Crippen molar-refractivity contribution in [3.05, 3.63) is 36.7 Å². The molecule has 1 aromatic heterocycles. The van der Waals surface area contributed by atoms with Gasteiger partial charge < -0.3 is 14.2 Å². The van der Waals surface area contributed by atoms with Gasteiger partial charge in [-0.15, -0.1) is 0 Å². The average molecular weight is 379 g/mol. The molecule has 0 spiro atoms. The van der Waals surface area contributed by atoms with E-state index in [1.54, 1.807) is 24.3 Å². The lowest BCUT2D eigenvalue weighted by Gasteiger charge is -2.17. The molecule has 2 aromatic rings. The predicted molar refractivity (Wildman–Crippen MR) is 94.0 cm³/mol. The minimum atomic E-state index is -3.57. The van der Waals surface area contributed by atoms with E-state index in [1.807, 2.05) is 6.92 Å². The van der Waals surface area contributed by atoms with Gasteiger partial charge in [-0.25, -0.2) is 8.42 Å². The van der Waals surface area contributed by atoms with Crippen LogP contribution in [-0.2, 0) is 10.0 Å². The molecule has 1 fully saturated rings. The van der Waals surface area contributed by atoms with Gasteiger partial charge in [-0.3, -0.25) is 4.98 Å². The lowest BCUT2D eigenvalue weighted by molar-refractivity contribution is 0.203. The molecule has 8 nitrogen and oxygen atoms in total. The molecule has 1 saturated heterocycles. The van der Waals surface area contributed by atoms with Gasteiger partial charge in [-0.2, -0.15) is 9.29 Å². The highest BCUT2D eigenvalue weighted by Gasteiger charge is 2.34. The zero-order valence-electron chi connectivity index (χ0n) is 14.7. The molecule has 1 aliphatic heterocycles. The van der Waals surface area contributed by atoms with E-state index in [1.165, 1.54) is 23.8 Å². The molecule has 0 N–H and O–H groups in total. The Labute approximate surface area is 152 Å². The number of nitrogens with zero attached hydrogens (tertiary/aromatic N) is 3. The lowest BCUT2D eigenvalue weighted by atomic mass is 10.3. The number of methoxy groups -OCH3 is 1. The van der Waals surface area contributed by atoms with Crippen molar-refractivity contribution in [3.63, 3.8) is 0 Å². The normalized spacial score (nSPS) is 17.8. The number of hydrogen-bond donors (Lipinski definition) is 0. The Morgan fingerprint density at radius 2 is 1.92 bits per heavy atom. The van der Waals surface area contributed by atoms with Crippen LogP contribution >= 0.6 is 0 Å². The maximum absolute atomic E-state index is 12.8. The molecule has 2 heterocycles. The molecule has 1 unspecified atom stereocenters. The highest BCUT2D eigenvalue weighted by Crippen LogP contribution is 2.25. The molecule has 1 atom stereocenters. The van der Waals surface area contributed by atoms with Crippen LogP contribution in [0, 0.1) is 0 Å². The molecule has 140 valence electrons. The van der Waals surface area contributed by atoms with Gasteiger partial charge in [0.2, 0.25) is 21.8 Å². The van der Waals surface area contributed by atoms with E-state index in [0.29, 0.717) is 37.1 Å². The summed E-state index contributed by atoms with van der Waals surface area (Å²) in [5.74, 6) is 1.31. The third-order valence-corrected chi connectivity index (χ3v) is 5.85. The summed E-state index contributed by atoms with van der Waals surface area (Å²) in [7, 11) is -2.08. The summed E-state index contributed by atoms with van der Waals surface area (Å²) >= 11 is 0. The topological polar surface area (TPSA) is 90.9 Å². The fourth-order valence-corrected chi connectivity index (χ4v) is 4.18. The van der Waals surface area contributed by atoms with Crippen molar-refractivity contribution >= 4 is 10.0 Å². The molecule has 0 radical (unpaired) electrons. The summed E-state index contributed by atoms with van der Waals surface area (Å²) in [4.78, 5) is 8.36. The van der Waals surface area contributed by atoms with E-state index in [0.717, 1.165) is 0 Å². The van der Waals surface area contributed by atoms with Crippen molar-refractivity contribution < 1.29 is 22.6 Å². The molecule has 3 rings (SSSR count). The minimum absolute atomic E-state index is 0.239. The number of ether oxygens (including phenoxy) is 3. The monoisotopic (exact) mass is 379 g/mol. The van der Waals surface area contributed by atoms with Crippen LogP contribution in [0.15, 0.2) is 41.6 Å². The van der Waals surface area contributed by atoms with Crippen LogP contribution in [0.25, 0.3) is 0 Å². The minimum Gasteiger partial charge on any atom is -0.494 e.